The Morgan fingerprint density at radius 3 is 3.12 bits per heavy atom. The molecular weight excluding hydrogens is 230 g/mol. The van der Waals surface area contributed by atoms with E-state index in [0.717, 1.165) is 0 Å². The Morgan fingerprint density at radius 1 is 1.65 bits per heavy atom. The zero-order valence-corrected chi connectivity index (χ0v) is 9.29. The van der Waals surface area contributed by atoms with E-state index in [0.29, 0.717) is 13.2 Å². The van der Waals surface area contributed by atoms with Crippen LogP contribution in [0.1, 0.15) is 12.8 Å². The van der Waals surface area contributed by atoms with Crippen LogP contribution in [0.2, 0.25) is 0 Å². The zero-order valence-electron chi connectivity index (χ0n) is 9.29. The van der Waals surface area contributed by atoms with Crippen LogP contribution in [-0.4, -0.2) is 65.2 Å². The number of aliphatic hydroxyl groups excluding tert-OH is 2. The topological polar surface area (TPSA) is 96.3 Å². The summed E-state index contributed by atoms with van der Waals surface area (Å²) in [7, 11) is 0. The lowest BCUT2D eigenvalue weighted by atomic mass is 10.1. The van der Waals surface area contributed by atoms with E-state index in [4.69, 9.17) is 19.7 Å². The van der Waals surface area contributed by atoms with Crippen LogP contribution in [0.4, 0.5) is 0 Å². The molecule has 2 fully saturated rings. The molecule has 2 rings (SSSR count). The molecule has 0 radical (unpaired) electrons. The molecule has 1 amide bonds. The Bertz CT molecular complexity index is 333. The second-order valence-electron chi connectivity index (χ2n) is 4.11. The minimum absolute atomic E-state index is 0.123. The fourth-order valence-corrected chi connectivity index (χ4v) is 2.12. The van der Waals surface area contributed by atoms with E-state index in [1.807, 2.05) is 0 Å². The summed E-state index contributed by atoms with van der Waals surface area (Å²) in [6, 6.07) is 0. The quantitative estimate of drug-likeness (QED) is 0.569. The van der Waals surface area contributed by atoms with Gasteiger partial charge in [-0.25, -0.2) is 4.79 Å². The van der Waals surface area contributed by atoms with Crippen molar-refractivity contribution < 1.29 is 29.3 Å². The van der Waals surface area contributed by atoms with E-state index in [1.165, 1.54) is 4.90 Å². The van der Waals surface area contributed by atoms with E-state index in [1.54, 1.807) is 0 Å². The Labute approximate surface area is 97.9 Å². The van der Waals surface area contributed by atoms with Crippen molar-refractivity contribution in [2.75, 3.05) is 26.4 Å². The number of nitrogens with zero attached hydrogens (tertiary/aromatic N) is 1. The predicted octanol–water partition coefficient (Wildman–Crippen LogP) is -1.77. The SMILES string of the molecule is O=C1CC[C@]2(C(=O)OCC(O)CO)OCCN12. The van der Waals surface area contributed by atoms with Gasteiger partial charge < -0.3 is 24.6 Å². The molecule has 2 heterocycles. The summed E-state index contributed by atoms with van der Waals surface area (Å²) in [6.07, 6.45) is -0.570. The van der Waals surface area contributed by atoms with Gasteiger partial charge >= 0.3 is 5.97 Å². The number of aliphatic hydroxyl groups is 2. The summed E-state index contributed by atoms with van der Waals surface area (Å²) in [5.41, 5.74) is -1.30. The van der Waals surface area contributed by atoms with Crippen molar-refractivity contribution in [1.82, 2.24) is 4.90 Å². The first-order valence-corrected chi connectivity index (χ1v) is 5.51. The lowest BCUT2D eigenvalue weighted by Gasteiger charge is -2.28. The van der Waals surface area contributed by atoms with Crippen LogP contribution >= 0.6 is 0 Å². The van der Waals surface area contributed by atoms with Crippen LogP contribution in [0.3, 0.4) is 0 Å². The summed E-state index contributed by atoms with van der Waals surface area (Å²) in [5, 5.41) is 17.7. The van der Waals surface area contributed by atoms with Crippen LogP contribution in [0, 0.1) is 0 Å². The van der Waals surface area contributed by atoms with Gasteiger partial charge in [-0.15, -0.1) is 0 Å². The number of rotatable bonds is 4. The molecule has 0 aromatic heterocycles. The smallest absolute Gasteiger partial charge is 0.360 e. The van der Waals surface area contributed by atoms with Crippen molar-refractivity contribution in [3.8, 4) is 0 Å². The number of esters is 1. The van der Waals surface area contributed by atoms with Crippen molar-refractivity contribution in [3.63, 3.8) is 0 Å². The van der Waals surface area contributed by atoms with Gasteiger partial charge in [0, 0.05) is 19.4 Å². The van der Waals surface area contributed by atoms with Gasteiger partial charge in [0.05, 0.1) is 13.2 Å². The number of hydrogen-bond acceptors (Lipinski definition) is 6. The maximum atomic E-state index is 11.9. The number of hydrogen-bond donors (Lipinski definition) is 2. The third kappa shape index (κ3) is 2.01. The molecule has 2 N–H and O–H groups in total. The Kier molecular flexibility index (Phi) is 3.32. The molecule has 7 nitrogen and oxygen atoms in total. The van der Waals surface area contributed by atoms with Crippen LogP contribution in [0.15, 0.2) is 0 Å². The van der Waals surface area contributed by atoms with Gasteiger partial charge in [-0.05, 0) is 0 Å². The largest absolute Gasteiger partial charge is 0.459 e. The molecule has 0 aromatic rings. The number of carbonyl (C=O) groups excluding carboxylic acids is 2. The summed E-state index contributed by atoms with van der Waals surface area (Å²) in [5.74, 6) is -0.796. The number of fused-ring (bicyclic) bond motifs is 1. The fourth-order valence-electron chi connectivity index (χ4n) is 2.12. The van der Waals surface area contributed by atoms with Gasteiger partial charge in [0.2, 0.25) is 11.6 Å². The van der Waals surface area contributed by atoms with Gasteiger partial charge in [-0.2, -0.15) is 0 Å². The molecule has 1 unspecified atom stereocenters. The van der Waals surface area contributed by atoms with Crippen molar-refractivity contribution in [2.45, 2.75) is 24.7 Å². The minimum atomic E-state index is -1.30. The fraction of sp³-hybridized carbons (Fsp3) is 0.800. The maximum Gasteiger partial charge on any atom is 0.360 e. The monoisotopic (exact) mass is 245 g/mol. The highest BCUT2D eigenvalue weighted by Gasteiger charge is 2.56. The van der Waals surface area contributed by atoms with E-state index in [2.05, 4.69) is 0 Å². The molecule has 0 aromatic carbocycles. The Morgan fingerprint density at radius 2 is 2.41 bits per heavy atom. The molecule has 0 bridgehead atoms. The second kappa shape index (κ2) is 4.59. The number of carbonyl (C=O) groups is 2. The number of ether oxygens (including phenoxy) is 2. The van der Waals surface area contributed by atoms with E-state index in [9.17, 15) is 9.59 Å². The first kappa shape index (κ1) is 12.3. The number of amides is 1. The van der Waals surface area contributed by atoms with Crippen molar-refractivity contribution in [1.29, 1.82) is 0 Å². The van der Waals surface area contributed by atoms with Crippen LogP contribution in [0.25, 0.3) is 0 Å². The van der Waals surface area contributed by atoms with Crippen molar-refractivity contribution >= 4 is 11.9 Å². The first-order chi connectivity index (χ1) is 8.10. The standard InChI is InChI=1S/C10H15NO6/c12-5-7(13)6-16-9(15)10-2-1-8(14)11(10)3-4-17-10/h7,12-13H,1-6H2/t7?,10-/m1/s1. The molecule has 2 saturated heterocycles. The van der Waals surface area contributed by atoms with Gasteiger partial charge in [0.1, 0.15) is 12.7 Å². The molecule has 0 aliphatic carbocycles. The lowest BCUT2D eigenvalue weighted by Crippen LogP contribution is -2.50. The molecular formula is C10H15NO6. The molecule has 7 heteroatoms. The Hall–Kier alpha value is -1.18. The highest BCUT2D eigenvalue weighted by atomic mass is 16.6. The first-order valence-electron chi connectivity index (χ1n) is 5.51. The van der Waals surface area contributed by atoms with Crippen molar-refractivity contribution in [3.05, 3.63) is 0 Å². The average molecular weight is 245 g/mol. The predicted molar refractivity (Wildman–Crippen MR) is 53.7 cm³/mol. The highest BCUT2D eigenvalue weighted by molar-refractivity contribution is 5.91. The van der Waals surface area contributed by atoms with E-state index in [-0.39, 0.29) is 25.4 Å². The van der Waals surface area contributed by atoms with E-state index < -0.39 is 24.4 Å². The van der Waals surface area contributed by atoms with Crippen molar-refractivity contribution in [2.24, 2.45) is 0 Å². The summed E-state index contributed by atoms with van der Waals surface area (Å²) in [6.45, 7) is -0.0911. The zero-order chi connectivity index (χ0) is 12.5. The molecule has 0 saturated carbocycles. The van der Waals surface area contributed by atoms with Crippen LogP contribution < -0.4 is 0 Å². The third-order valence-corrected chi connectivity index (χ3v) is 3.01. The lowest BCUT2D eigenvalue weighted by molar-refractivity contribution is -0.183. The normalized spacial score (nSPS) is 29.3. The third-order valence-electron chi connectivity index (χ3n) is 3.01. The molecule has 96 valence electrons. The molecule has 2 atom stereocenters. The van der Waals surface area contributed by atoms with E-state index >= 15 is 0 Å². The molecule has 0 spiro atoms. The average Bonchev–Trinajstić information content (AvgIpc) is 2.88. The summed E-state index contributed by atoms with van der Waals surface area (Å²) in [4.78, 5) is 24.8. The molecule has 2 aliphatic rings. The molecule has 2 aliphatic heterocycles. The van der Waals surface area contributed by atoms with Gasteiger partial charge in [0.15, 0.2) is 0 Å². The Balaban J connectivity index is 2.00. The second-order valence-corrected chi connectivity index (χ2v) is 4.11. The molecule has 17 heavy (non-hydrogen) atoms. The summed E-state index contributed by atoms with van der Waals surface area (Å²) < 4.78 is 10.2. The van der Waals surface area contributed by atoms with Crippen LogP contribution in [0.5, 0.6) is 0 Å². The van der Waals surface area contributed by atoms with Gasteiger partial charge in [0.25, 0.3) is 0 Å². The minimum Gasteiger partial charge on any atom is -0.459 e. The summed E-state index contributed by atoms with van der Waals surface area (Å²) >= 11 is 0. The van der Waals surface area contributed by atoms with Crippen LogP contribution in [-0.2, 0) is 19.1 Å². The van der Waals surface area contributed by atoms with Gasteiger partial charge in [-0.3, -0.25) is 4.79 Å². The maximum absolute atomic E-state index is 11.9. The van der Waals surface area contributed by atoms with Gasteiger partial charge in [-0.1, -0.05) is 0 Å². The highest BCUT2D eigenvalue weighted by Crippen LogP contribution is 2.36.